The largest absolute Gasteiger partial charge is 0.478 e. The summed E-state index contributed by atoms with van der Waals surface area (Å²) in [6.07, 6.45) is 4.52. The van der Waals surface area contributed by atoms with Crippen molar-refractivity contribution in [3.63, 3.8) is 0 Å². The Morgan fingerprint density at radius 1 is 1.41 bits per heavy atom. The van der Waals surface area contributed by atoms with Gasteiger partial charge in [-0.25, -0.2) is 4.98 Å². The number of carbonyl (C=O) groups excluding carboxylic acids is 1. The van der Waals surface area contributed by atoms with Crippen LogP contribution in [0.5, 0.6) is 5.88 Å². The van der Waals surface area contributed by atoms with Crippen molar-refractivity contribution >= 4 is 11.6 Å². The number of carbonyl (C=O) groups is 1. The van der Waals surface area contributed by atoms with E-state index < -0.39 is 0 Å². The normalized spacial score (nSPS) is 14.1. The highest BCUT2D eigenvalue weighted by Gasteiger charge is 2.15. The summed E-state index contributed by atoms with van der Waals surface area (Å²) in [6, 6.07) is 1.76. The first-order valence-corrected chi connectivity index (χ1v) is 5.82. The summed E-state index contributed by atoms with van der Waals surface area (Å²) >= 11 is 0. The molecular weight excluding hydrogens is 220 g/mol. The number of hydrogen-bond acceptors (Lipinski definition) is 4. The Morgan fingerprint density at radius 3 is 3.12 bits per heavy atom. The van der Waals surface area contributed by atoms with Gasteiger partial charge in [0.25, 0.3) is 0 Å². The highest BCUT2D eigenvalue weighted by Crippen LogP contribution is 2.24. The van der Waals surface area contributed by atoms with Crippen LogP contribution in [0.2, 0.25) is 0 Å². The molecule has 2 heterocycles. The summed E-state index contributed by atoms with van der Waals surface area (Å²) in [7, 11) is 0. The number of unbranched alkanes of at least 4 members (excludes halogenated alkanes) is 1. The molecule has 0 aromatic carbocycles. The second-order valence-electron chi connectivity index (χ2n) is 4.01. The fourth-order valence-electron chi connectivity index (χ4n) is 1.71. The molecule has 0 bridgehead atoms. The molecule has 92 valence electrons. The van der Waals surface area contributed by atoms with E-state index >= 15 is 0 Å². The SMILES string of the molecule is O=C1CCc2cnc(OCCCCO)cc2N1. The Balaban J connectivity index is 1.95. The molecule has 0 aliphatic carbocycles. The van der Waals surface area contributed by atoms with E-state index in [1.54, 1.807) is 12.3 Å². The quantitative estimate of drug-likeness (QED) is 0.751. The number of aromatic nitrogens is 1. The molecule has 17 heavy (non-hydrogen) atoms. The Bertz CT molecular complexity index is 407. The molecule has 0 saturated heterocycles. The number of aliphatic hydroxyl groups is 1. The van der Waals surface area contributed by atoms with Gasteiger partial charge in [-0.2, -0.15) is 0 Å². The zero-order valence-electron chi connectivity index (χ0n) is 9.61. The van der Waals surface area contributed by atoms with Crippen LogP contribution < -0.4 is 10.1 Å². The van der Waals surface area contributed by atoms with Crippen molar-refractivity contribution in [2.24, 2.45) is 0 Å². The average Bonchev–Trinajstić information content (AvgIpc) is 2.34. The van der Waals surface area contributed by atoms with E-state index in [2.05, 4.69) is 10.3 Å². The molecular formula is C12H16N2O3. The minimum atomic E-state index is 0.0370. The fourth-order valence-corrected chi connectivity index (χ4v) is 1.71. The van der Waals surface area contributed by atoms with Crippen LogP contribution in [0, 0.1) is 0 Å². The maximum atomic E-state index is 11.2. The van der Waals surface area contributed by atoms with Crippen LogP contribution in [0.3, 0.4) is 0 Å². The zero-order valence-corrected chi connectivity index (χ0v) is 9.61. The van der Waals surface area contributed by atoms with Gasteiger partial charge >= 0.3 is 0 Å². The summed E-state index contributed by atoms with van der Waals surface area (Å²) in [6.45, 7) is 0.706. The lowest BCUT2D eigenvalue weighted by atomic mass is 10.1. The molecule has 0 fully saturated rings. The summed E-state index contributed by atoms with van der Waals surface area (Å²) in [5.41, 5.74) is 1.85. The number of nitrogens with zero attached hydrogens (tertiary/aromatic N) is 1. The summed E-state index contributed by atoms with van der Waals surface area (Å²) < 4.78 is 5.44. The van der Waals surface area contributed by atoms with Crippen LogP contribution in [-0.4, -0.2) is 29.2 Å². The Morgan fingerprint density at radius 2 is 2.29 bits per heavy atom. The zero-order chi connectivity index (χ0) is 12.1. The predicted octanol–water partition coefficient (Wildman–Crippen LogP) is 1.12. The number of ether oxygens (including phenoxy) is 1. The van der Waals surface area contributed by atoms with Gasteiger partial charge in [-0.05, 0) is 24.8 Å². The van der Waals surface area contributed by atoms with Crippen molar-refractivity contribution in [2.45, 2.75) is 25.7 Å². The third-order valence-corrected chi connectivity index (χ3v) is 2.66. The molecule has 2 N–H and O–H groups in total. The van der Waals surface area contributed by atoms with E-state index in [0.29, 0.717) is 18.9 Å². The van der Waals surface area contributed by atoms with Gasteiger partial charge in [0.05, 0.1) is 12.3 Å². The van der Waals surface area contributed by atoms with Gasteiger partial charge in [0.2, 0.25) is 11.8 Å². The molecule has 0 spiro atoms. The Hall–Kier alpha value is -1.62. The first-order valence-electron chi connectivity index (χ1n) is 5.82. The van der Waals surface area contributed by atoms with E-state index in [1.165, 1.54) is 0 Å². The lowest BCUT2D eigenvalue weighted by molar-refractivity contribution is -0.116. The van der Waals surface area contributed by atoms with E-state index in [-0.39, 0.29) is 12.5 Å². The van der Waals surface area contributed by atoms with Crippen LogP contribution in [0.4, 0.5) is 5.69 Å². The maximum absolute atomic E-state index is 11.2. The van der Waals surface area contributed by atoms with Gasteiger partial charge in [0.15, 0.2) is 0 Å². The number of aryl methyl sites for hydroxylation is 1. The van der Waals surface area contributed by atoms with Crippen LogP contribution in [0.25, 0.3) is 0 Å². The number of pyridine rings is 1. The molecule has 0 radical (unpaired) electrons. The number of rotatable bonds is 5. The van der Waals surface area contributed by atoms with Crippen molar-refractivity contribution in [1.29, 1.82) is 0 Å². The van der Waals surface area contributed by atoms with Crippen LogP contribution in [-0.2, 0) is 11.2 Å². The lowest BCUT2D eigenvalue weighted by Gasteiger charge is -2.16. The van der Waals surface area contributed by atoms with Gasteiger partial charge in [0, 0.05) is 25.3 Å². The van der Waals surface area contributed by atoms with Crippen molar-refractivity contribution in [3.8, 4) is 5.88 Å². The minimum absolute atomic E-state index is 0.0370. The van der Waals surface area contributed by atoms with Gasteiger partial charge in [-0.3, -0.25) is 4.79 Å². The number of aliphatic hydroxyl groups excluding tert-OH is 1. The number of amides is 1. The van der Waals surface area contributed by atoms with E-state index in [1.807, 2.05) is 0 Å². The number of fused-ring (bicyclic) bond motifs is 1. The standard InChI is InChI=1S/C12H16N2O3/c15-5-1-2-6-17-12-7-10-9(8-13-12)3-4-11(16)14-10/h7-8,15H,1-6H2,(H,14,16). The van der Waals surface area contributed by atoms with Gasteiger partial charge in [-0.15, -0.1) is 0 Å². The maximum Gasteiger partial charge on any atom is 0.224 e. The molecule has 0 atom stereocenters. The first kappa shape index (κ1) is 11.9. The number of anilines is 1. The van der Waals surface area contributed by atoms with Crippen LogP contribution in [0.15, 0.2) is 12.3 Å². The third-order valence-electron chi connectivity index (χ3n) is 2.66. The Kier molecular flexibility index (Phi) is 3.93. The average molecular weight is 236 g/mol. The van der Waals surface area contributed by atoms with Gasteiger partial charge < -0.3 is 15.2 Å². The molecule has 5 nitrogen and oxygen atoms in total. The second kappa shape index (κ2) is 5.63. The minimum Gasteiger partial charge on any atom is -0.478 e. The van der Waals surface area contributed by atoms with E-state index in [0.717, 1.165) is 30.5 Å². The van der Waals surface area contributed by atoms with Crippen molar-refractivity contribution in [1.82, 2.24) is 4.98 Å². The van der Waals surface area contributed by atoms with Crippen LogP contribution in [0.1, 0.15) is 24.8 Å². The van der Waals surface area contributed by atoms with Gasteiger partial charge in [-0.1, -0.05) is 0 Å². The fraction of sp³-hybridized carbons (Fsp3) is 0.500. The predicted molar refractivity (Wildman–Crippen MR) is 63.0 cm³/mol. The van der Waals surface area contributed by atoms with Gasteiger partial charge in [0.1, 0.15) is 0 Å². The van der Waals surface area contributed by atoms with Crippen molar-refractivity contribution in [3.05, 3.63) is 17.8 Å². The highest BCUT2D eigenvalue weighted by molar-refractivity contribution is 5.93. The molecule has 5 heteroatoms. The summed E-state index contributed by atoms with van der Waals surface area (Å²) in [5.74, 6) is 0.554. The van der Waals surface area contributed by atoms with Crippen LogP contribution >= 0.6 is 0 Å². The summed E-state index contributed by atoms with van der Waals surface area (Å²) in [4.78, 5) is 15.4. The molecule has 1 aliphatic heterocycles. The smallest absolute Gasteiger partial charge is 0.224 e. The topological polar surface area (TPSA) is 71.5 Å². The van der Waals surface area contributed by atoms with E-state index in [9.17, 15) is 4.79 Å². The van der Waals surface area contributed by atoms with E-state index in [4.69, 9.17) is 9.84 Å². The molecule has 1 aromatic rings. The molecule has 0 unspecified atom stereocenters. The number of nitrogens with one attached hydrogen (secondary N) is 1. The molecule has 1 aliphatic rings. The highest BCUT2D eigenvalue weighted by atomic mass is 16.5. The molecule has 0 saturated carbocycles. The Labute approximate surface area is 99.8 Å². The first-order chi connectivity index (χ1) is 8.29. The molecule has 2 rings (SSSR count). The summed E-state index contributed by atoms with van der Waals surface area (Å²) in [5, 5.41) is 11.4. The van der Waals surface area contributed by atoms with Crippen molar-refractivity contribution < 1.29 is 14.6 Å². The monoisotopic (exact) mass is 236 g/mol. The molecule has 1 aromatic heterocycles. The third kappa shape index (κ3) is 3.17. The lowest BCUT2D eigenvalue weighted by Crippen LogP contribution is -2.19. The molecule has 1 amide bonds. The second-order valence-corrected chi connectivity index (χ2v) is 4.01. The van der Waals surface area contributed by atoms with Crippen molar-refractivity contribution in [2.75, 3.05) is 18.5 Å². The number of hydrogen-bond donors (Lipinski definition) is 2.